The molecule has 1 aromatic rings. The molecule has 0 saturated carbocycles. The smallest absolute Gasteiger partial charge is 0.00953 e. The molecule has 1 aliphatic heterocycles. The summed E-state index contributed by atoms with van der Waals surface area (Å²) in [5, 5.41) is 0. The van der Waals surface area contributed by atoms with E-state index in [4.69, 9.17) is 0 Å². The lowest BCUT2D eigenvalue weighted by Crippen LogP contribution is -2.36. The van der Waals surface area contributed by atoms with Crippen molar-refractivity contribution in [2.45, 2.75) is 38.1 Å². The molecule has 1 aliphatic rings. The Labute approximate surface area is 93.1 Å². The first-order chi connectivity index (χ1) is 7.36. The molecule has 1 heteroatoms. The Bertz CT molecular complexity index is 281. The highest BCUT2D eigenvalue weighted by atomic mass is 15.1. The molecule has 0 spiro atoms. The molecule has 1 nitrogen and oxygen atoms in total. The van der Waals surface area contributed by atoms with Crippen LogP contribution in [0.5, 0.6) is 0 Å². The second-order valence-corrected chi connectivity index (χ2v) is 4.65. The van der Waals surface area contributed by atoms with E-state index in [0.29, 0.717) is 0 Å². The molecule has 1 saturated heterocycles. The van der Waals surface area contributed by atoms with Crippen LogP contribution in [0, 0.1) is 0 Å². The van der Waals surface area contributed by atoms with Crippen molar-refractivity contribution in [3.63, 3.8) is 0 Å². The van der Waals surface area contributed by atoms with E-state index < -0.39 is 0 Å². The van der Waals surface area contributed by atoms with Gasteiger partial charge in [0.1, 0.15) is 0 Å². The Hall–Kier alpha value is -0.820. The summed E-state index contributed by atoms with van der Waals surface area (Å²) in [7, 11) is 2.27. The average molecular weight is 203 g/mol. The van der Waals surface area contributed by atoms with Crippen molar-refractivity contribution in [2.24, 2.45) is 0 Å². The monoisotopic (exact) mass is 203 g/mol. The molecule has 0 unspecified atom stereocenters. The van der Waals surface area contributed by atoms with E-state index >= 15 is 0 Å². The van der Waals surface area contributed by atoms with Crippen molar-refractivity contribution < 1.29 is 0 Å². The van der Waals surface area contributed by atoms with Crippen molar-refractivity contribution in [1.29, 1.82) is 0 Å². The summed E-state index contributed by atoms with van der Waals surface area (Å²) in [5.41, 5.74) is 1.48. The second kappa shape index (κ2) is 5.32. The maximum absolute atomic E-state index is 2.53. The van der Waals surface area contributed by atoms with Crippen molar-refractivity contribution in [3.8, 4) is 0 Å². The van der Waals surface area contributed by atoms with E-state index in [2.05, 4.69) is 42.3 Å². The van der Waals surface area contributed by atoms with Gasteiger partial charge in [0.25, 0.3) is 0 Å². The van der Waals surface area contributed by atoms with Gasteiger partial charge in [0.2, 0.25) is 0 Å². The van der Waals surface area contributed by atoms with Crippen molar-refractivity contribution in [3.05, 3.63) is 35.9 Å². The van der Waals surface area contributed by atoms with E-state index in [9.17, 15) is 0 Å². The summed E-state index contributed by atoms with van der Waals surface area (Å²) in [6, 6.07) is 11.7. The van der Waals surface area contributed by atoms with E-state index in [-0.39, 0.29) is 0 Å². The molecule has 0 radical (unpaired) electrons. The van der Waals surface area contributed by atoms with Crippen LogP contribution in [0.4, 0.5) is 0 Å². The fourth-order valence-corrected chi connectivity index (χ4v) is 2.49. The van der Waals surface area contributed by atoms with Gasteiger partial charge >= 0.3 is 0 Å². The first-order valence-electron chi connectivity index (χ1n) is 6.10. The highest BCUT2D eigenvalue weighted by Gasteiger charge is 2.17. The maximum Gasteiger partial charge on any atom is 0.00953 e. The van der Waals surface area contributed by atoms with Crippen LogP contribution >= 0.6 is 0 Å². The molecular formula is C14H21N. The standard InChI is InChI=1S/C14H21N/c1-15-12-6-5-9-14(15)11-10-13-7-3-2-4-8-13/h2-4,7-8,14H,5-6,9-12H2,1H3/t14-/m0/s1. The predicted molar refractivity (Wildman–Crippen MR) is 65.0 cm³/mol. The second-order valence-electron chi connectivity index (χ2n) is 4.65. The zero-order chi connectivity index (χ0) is 10.5. The minimum Gasteiger partial charge on any atom is -0.303 e. The Balaban J connectivity index is 1.82. The number of piperidine rings is 1. The SMILES string of the molecule is CN1CCCC[C@H]1CCc1ccccc1. The third-order valence-electron chi connectivity index (χ3n) is 3.53. The molecule has 0 aliphatic carbocycles. The van der Waals surface area contributed by atoms with Crippen molar-refractivity contribution >= 4 is 0 Å². The van der Waals surface area contributed by atoms with Gasteiger partial charge in [-0.2, -0.15) is 0 Å². The number of rotatable bonds is 3. The van der Waals surface area contributed by atoms with Crippen LogP contribution in [-0.2, 0) is 6.42 Å². The van der Waals surface area contributed by atoms with E-state index in [0.717, 1.165) is 6.04 Å². The van der Waals surface area contributed by atoms with E-state index in [1.807, 2.05) is 0 Å². The molecule has 1 fully saturated rings. The minimum atomic E-state index is 0.818. The van der Waals surface area contributed by atoms with Gasteiger partial charge in [-0.15, -0.1) is 0 Å². The van der Waals surface area contributed by atoms with Gasteiger partial charge in [0.15, 0.2) is 0 Å². The number of likely N-dealkylation sites (tertiary alicyclic amines) is 1. The minimum absolute atomic E-state index is 0.818. The molecule has 0 aromatic heterocycles. The fourth-order valence-electron chi connectivity index (χ4n) is 2.49. The number of aryl methyl sites for hydroxylation is 1. The molecule has 2 rings (SSSR count). The molecule has 82 valence electrons. The Morgan fingerprint density at radius 2 is 2.00 bits per heavy atom. The summed E-state index contributed by atoms with van der Waals surface area (Å²) in [6.45, 7) is 1.29. The third-order valence-corrected chi connectivity index (χ3v) is 3.53. The zero-order valence-corrected chi connectivity index (χ0v) is 9.65. The van der Waals surface area contributed by atoms with Gasteiger partial charge in [-0.25, -0.2) is 0 Å². The number of hydrogen-bond donors (Lipinski definition) is 0. The molecule has 0 bridgehead atoms. The summed E-state index contributed by atoms with van der Waals surface area (Å²) < 4.78 is 0. The van der Waals surface area contributed by atoms with E-state index in [1.54, 1.807) is 0 Å². The Morgan fingerprint density at radius 1 is 1.20 bits per heavy atom. The summed E-state index contributed by atoms with van der Waals surface area (Å²) in [6.07, 6.45) is 6.75. The molecule has 1 heterocycles. The van der Waals surface area contributed by atoms with Gasteiger partial charge in [-0.1, -0.05) is 36.8 Å². The highest BCUT2D eigenvalue weighted by molar-refractivity contribution is 5.14. The first kappa shape index (κ1) is 10.7. The maximum atomic E-state index is 2.53. The number of benzene rings is 1. The van der Waals surface area contributed by atoms with Crippen LogP contribution < -0.4 is 0 Å². The van der Waals surface area contributed by atoms with Gasteiger partial charge in [-0.05, 0) is 44.8 Å². The Kier molecular flexibility index (Phi) is 3.79. The summed E-state index contributed by atoms with van der Waals surface area (Å²) >= 11 is 0. The largest absolute Gasteiger partial charge is 0.303 e. The van der Waals surface area contributed by atoms with Crippen molar-refractivity contribution in [1.82, 2.24) is 4.90 Å². The van der Waals surface area contributed by atoms with Crippen LogP contribution in [0.25, 0.3) is 0 Å². The highest BCUT2D eigenvalue weighted by Crippen LogP contribution is 2.19. The van der Waals surface area contributed by atoms with Crippen molar-refractivity contribution in [2.75, 3.05) is 13.6 Å². The average Bonchev–Trinajstić information content (AvgIpc) is 2.29. The van der Waals surface area contributed by atoms with Gasteiger partial charge in [0, 0.05) is 6.04 Å². The lowest BCUT2D eigenvalue weighted by molar-refractivity contribution is 0.176. The Morgan fingerprint density at radius 3 is 2.73 bits per heavy atom. The lowest BCUT2D eigenvalue weighted by Gasteiger charge is -2.32. The van der Waals surface area contributed by atoms with Crippen LogP contribution in [-0.4, -0.2) is 24.5 Å². The number of hydrogen-bond acceptors (Lipinski definition) is 1. The predicted octanol–water partition coefficient (Wildman–Crippen LogP) is 3.10. The molecule has 15 heavy (non-hydrogen) atoms. The topological polar surface area (TPSA) is 3.24 Å². The normalized spacial score (nSPS) is 22.9. The summed E-state index contributed by atoms with van der Waals surface area (Å²) in [5.74, 6) is 0. The van der Waals surface area contributed by atoms with E-state index in [1.165, 1.54) is 44.2 Å². The van der Waals surface area contributed by atoms with Crippen LogP contribution in [0.3, 0.4) is 0 Å². The molecule has 1 aromatic carbocycles. The van der Waals surface area contributed by atoms with Crippen LogP contribution in [0.1, 0.15) is 31.2 Å². The van der Waals surface area contributed by atoms with Crippen LogP contribution in [0.15, 0.2) is 30.3 Å². The molecule has 0 amide bonds. The molecule has 0 N–H and O–H groups in total. The van der Waals surface area contributed by atoms with Gasteiger partial charge in [0.05, 0.1) is 0 Å². The first-order valence-corrected chi connectivity index (χ1v) is 6.10. The molecule has 1 atom stereocenters. The quantitative estimate of drug-likeness (QED) is 0.729. The van der Waals surface area contributed by atoms with Crippen LogP contribution in [0.2, 0.25) is 0 Å². The fraction of sp³-hybridized carbons (Fsp3) is 0.571. The molecular weight excluding hydrogens is 182 g/mol. The third kappa shape index (κ3) is 3.07. The lowest BCUT2D eigenvalue weighted by atomic mass is 9.96. The zero-order valence-electron chi connectivity index (χ0n) is 9.65. The van der Waals surface area contributed by atoms with Gasteiger partial charge < -0.3 is 4.90 Å². The number of nitrogens with zero attached hydrogens (tertiary/aromatic N) is 1. The summed E-state index contributed by atoms with van der Waals surface area (Å²) in [4.78, 5) is 2.53. The van der Waals surface area contributed by atoms with Gasteiger partial charge in [-0.3, -0.25) is 0 Å².